The van der Waals surface area contributed by atoms with Crippen molar-refractivity contribution in [3.8, 4) is 11.3 Å². The van der Waals surface area contributed by atoms with Crippen molar-refractivity contribution >= 4 is 17.3 Å². The van der Waals surface area contributed by atoms with Crippen molar-refractivity contribution in [3.63, 3.8) is 0 Å². The van der Waals surface area contributed by atoms with Gasteiger partial charge >= 0.3 is 0 Å². The maximum atomic E-state index is 5.96. The van der Waals surface area contributed by atoms with Crippen LogP contribution in [0.5, 0.6) is 0 Å². The molecule has 10 heteroatoms. The molecule has 3 aromatic rings. The van der Waals surface area contributed by atoms with Crippen LogP contribution in [0.2, 0.25) is 0 Å². The third-order valence-electron chi connectivity index (χ3n) is 8.20. The Hall–Kier alpha value is -2.69. The Labute approximate surface area is 211 Å². The lowest BCUT2D eigenvalue weighted by molar-refractivity contribution is -0.0393. The molecule has 36 heavy (non-hydrogen) atoms. The lowest BCUT2D eigenvalue weighted by Crippen LogP contribution is -2.54. The summed E-state index contributed by atoms with van der Waals surface area (Å²) in [5, 5.41) is 9.76. The maximum Gasteiger partial charge on any atom is 0.169 e. The molecule has 0 saturated carbocycles. The molecule has 192 valence electrons. The minimum atomic E-state index is -0.153. The number of fused-ring (bicyclic) bond motifs is 3. The summed E-state index contributed by atoms with van der Waals surface area (Å²) in [6, 6.07) is 5.03. The quantitative estimate of drug-likeness (QED) is 0.548. The van der Waals surface area contributed by atoms with Crippen molar-refractivity contribution in [2.24, 2.45) is 0 Å². The van der Waals surface area contributed by atoms with E-state index in [9.17, 15) is 0 Å². The van der Waals surface area contributed by atoms with E-state index in [1.807, 2.05) is 21.6 Å². The Balaban J connectivity index is 1.35. The fourth-order valence-corrected chi connectivity index (χ4v) is 6.30. The average molecular weight is 494 g/mol. The fraction of sp³-hybridized carbons (Fsp3) is 0.654. The standard InChI is InChI=1S/C26H35N7O3/c1-26(2)17-34-12-10-30(26)23-13-22(32-18-6-7-19(32)16-35-15-18)28-25-20(14-27-33(23)25)21-8-9-31(29-21)24-5-3-4-11-36-24/h8-9,13-14,18-19,24H,3-7,10-12,15-17H2,1-2H3. The molecular weight excluding hydrogens is 458 g/mol. The molecule has 4 aliphatic heterocycles. The highest BCUT2D eigenvalue weighted by molar-refractivity contribution is 5.78. The van der Waals surface area contributed by atoms with Crippen molar-refractivity contribution in [2.75, 3.05) is 49.4 Å². The van der Waals surface area contributed by atoms with Gasteiger partial charge in [-0.15, -0.1) is 0 Å². The first-order chi connectivity index (χ1) is 17.6. The van der Waals surface area contributed by atoms with E-state index in [2.05, 4.69) is 35.8 Å². The zero-order valence-electron chi connectivity index (χ0n) is 21.2. The van der Waals surface area contributed by atoms with Crippen LogP contribution in [-0.2, 0) is 14.2 Å². The summed E-state index contributed by atoms with van der Waals surface area (Å²) in [4.78, 5) is 10.1. The van der Waals surface area contributed by atoms with Gasteiger partial charge < -0.3 is 24.0 Å². The number of ether oxygens (including phenoxy) is 3. The molecule has 0 spiro atoms. The van der Waals surface area contributed by atoms with Crippen LogP contribution in [0.4, 0.5) is 11.6 Å². The molecule has 4 aliphatic rings. The van der Waals surface area contributed by atoms with E-state index in [1.54, 1.807) is 0 Å². The van der Waals surface area contributed by atoms with Gasteiger partial charge in [0.05, 0.1) is 61.5 Å². The van der Waals surface area contributed by atoms with Crippen molar-refractivity contribution < 1.29 is 14.2 Å². The van der Waals surface area contributed by atoms with Crippen LogP contribution in [-0.4, -0.2) is 81.6 Å². The van der Waals surface area contributed by atoms with E-state index >= 15 is 0 Å². The van der Waals surface area contributed by atoms with Gasteiger partial charge in [-0.1, -0.05) is 0 Å². The van der Waals surface area contributed by atoms with Gasteiger partial charge in [0.15, 0.2) is 5.65 Å². The summed E-state index contributed by atoms with van der Waals surface area (Å²) in [6.45, 7) is 8.96. The summed E-state index contributed by atoms with van der Waals surface area (Å²) in [6.07, 6.45) is 9.51. The first kappa shape index (κ1) is 22.5. The molecule has 0 aliphatic carbocycles. The topological polar surface area (TPSA) is 82.2 Å². The summed E-state index contributed by atoms with van der Waals surface area (Å²) < 4.78 is 21.6. The minimum Gasteiger partial charge on any atom is -0.377 e. The van der Waals surface area contributed by atoms with Gasteiger partial charge in [0, 0.05) is 25.4 Å². The number of nitrogens with zero attached hydrogens (tertiary/aromatic N) is 7. The number of morpholine rings is 2. The molecular formula is C26H35N7O3. The lowest BCUT2D eigenvalue weighted by Gasteiger charge is -2.44. The van der Waals surface area contributed by atoms with Crippen molar-refractivity contribution in [2.45, 2.75) is 69.8 Å². The van der Waals surface area contributed by atoms with Crippen LogP contribution in [0.15, 0.2) is 24.5 Å². The van der Waals surface area contributed by atoms with Crippen LogP contribution in [0, 0.1) is 0 Å². The predicted octanol–water partition coefficient (Wildman–Crippen LogP) is 3.27. The van der Waals surface area contributed by atoms with Crippen LogP contribution in [0.3, 0.4) is 0 Å². The first-order valence-corrected chi connectivity index (χ1v) is 13.4. The van der Waals surface area contributed by atoms with Crippen molar-refractivity contribution in [1.29, 1.82) is 0 Å². The molecule has 0 amide bonds. The molecule has 2 bridgehead atoms. The Kier molecular flexibility index (Phi) is 5.44. The zero-order valence-corrected chi connectivity index (χ0v) is 21.2. The molecule has 3 aromatic heterocycles. The van der Waals surface area contributed by atoms with E-state index in [0.717, 1.165) is 80.6 Å². The molecule has 7 rings (SSSR count). The Morgan fingerprint density at radius 2 is 1.89 bits per heavy atom. The lowest BCUT2D eigenvalue weighted by atomic mass is 10.0. The second kappa shape index (κ2) is 8.71. The summed E-state index contributed by atoms with van der Waals surface area (Å²) in [5.41, 5.74) is 2.51. The Morgan fingerprint density at radius 1 is 1.03 bits per heavy atom. The number of anilines is 2. The van der Waals surface area contributed by atoms with Gasteiger partial charge in [-0.3, -0.25) is 0 Å². The molecule has 7 heterocycles. The van der Waals surface area contributed by atoms with E-state index < -0.39 is 0 Å². The second-order valence-corrected chi connectivity index (χ2v) is 11.1. The van der Waals surface area contributed by atoms with Crippen molar-refractivity contribution in [3.05, 3.63) is 24.5 Å². The van der Waals surface area contributed by atoms with Gasteiger partial charge in [0.25, 0.3) is 0 Å². The normalized spacial score (nSPS) is 28.2. The molecule has 0 aromatic carbocycles. The van der Waals surface area contributed by atoms with E-state index in [0.29, 0.717) is 25.3 Å². The van der Waals surface area contributed by atoms with E-state index in [1.165, 1.54) is 6.42 Å². The highest BCUT2D eigenvalue weighted by atomic mass is 16.5. The molecule has 10 nitrogen and oxygen atoms in total. The third-order valence-corrected chi connectivity index (χ3v) is 8.20. The Bertz CT molecular complexity index is 1230. The predicted molar refractivity (Wildman–Crippen MR) is 135 cm³/mol. The largest absolute Gasteiger partial charge is 0.377 e. The van der Waals surface area contributed by atoms with Crippen LogP contribution >= 0.6 is 0 Å². The number of rotatable bonds is 4. The smallest absolute Gasteiger partial charge is 0.169 e. The molecule has 0 radical (unpaired) electrons. The highest BCUT2D eigenvalue weighted by Gasteiger charge is 2.40. The fourth-order valence-electron chi connectivity index (χ4n) is 6.30. The SMILES string of the molecule is CC1(C)COCCN1c1cc(N2C3CCC2COC3)nc2c(-c3ccn(C4CCCCO4)n3)cnn12. The van der Waals surface area contributed by atoms with Gasteiger partial charge in [0.2, 0.25) is 0 Å². The van der Waals surface area contributed by atoms with Gasteiger partial charge in [0.1, 0.15) is 17.9 Å². The van der Waals surface area contributed by atoms with Crippen LogP contribution < -0.4 is 9.80 Å². The molecule has 0 N–H and O–H groups in total. The van der Waals surface area contributed by atoms with Crippen LogP contribution in [0.1, 0.15) is 52.2 Å². The second-order valence-electron chi connectivity index (χ2n) is 11.1. The number of hydrogen-bond acceptors (Lipinski definition) is 8. The summed E-state index contributed by atoms with van der Waals surface area (Å²) >= 11 is 0. The van der Waals surface area contributed by atoms with Gasteiger partial charge in [-0.25, -0.2) is 9.67 Å². The average Bonchev–Trinajstić information content (AvgIpc) is 3.60. The van der Waals surface area contributed by atoms with E-state index in [4.69, 9.17) is 29.4 Å². The highest BCUT2D eigenvalue weighted by Crippen LogP contribution is 2.38. The molecule has 4 saturated heterocycles. The van der Waals surface area contributed by atoms with Gasteiger partial charge in [-0.05, 0) is 52.0 Å². The summed E-state index contributed by atoms with van der Waals surface area (Å²) in [5.74, 6) is 2.06. The molecule has 3 unspecified atom stereocenters. The first-order valence-electron chi connectivity index (χ1n) is 13.4. The Morgan fingerprint density at radius 3 is 2.67 bits per heavy atom. The minimum absolute atomic E-state index is 0.00606. The van der Waals surface area contributed by atoms with Gasteiger partial charge in [-0.2, -0.15) is 14.7 Å². The number of aromatic nitrogens is 5. The summed E-state index contributed by atoms with van der Waals surface area (Å²) in [7, 11) is 0. The van der Waals surface area contributed by atoms with Crippen molar-refractivity contribution in [1.82, 2.24) is 24.4 Å². The van der Waals surface area contributed by atoms with Crippen LogP contribution in [0.25, 0.3) is 16.9 Å². The van der Waals surface area contributed by atoms with E-state index in [-0.39, 0.29) is 11.8 Å². The molecule has 3 atom stereocenters. The monoisotopic (exact) mass is 493 g/mol. The third kappa shape index (κ3) is 3.69. The number of hydrogen-bond donors (Lipinski definition) is 0. The maximum absolute atomic E-state index is 5.96. The molecule has 4 fully saturated rings. The zero-order chi connectivity index (χ0) is 24.3.